The molecule has 184 valence electrons. The smallest absolute Gasteiger partial charge is 0.214 e. The number of nitrogens with zero attached hydrogens (tertiary/aromatic N) is 5. The van der Waals surface area contributed by atoms with E-state index >= 15 is 0 Å². The Kier molecular flexibility index (Phi) is 5.86. The average molecular weight is 491 g/mol. The molecular weight excluding hydrogens is 466 g/mol. The summed E-state index contributed by atoms with van der Waals surface area (Å²) >= 11 is 0. The van der Waals surface area contributed by atoms with Crippen LogP contribution in [-0.2, 0) is 0 Å². The van der Waals surface area contributed by atoms with E-state index in [1.807, 2.05) is 6.20 Å². The minimum absolute atomic E-state index is 0.199. The lowest BCUT2D eigenvalue weighted by Crippen LogP contribution is -2.32. The molecule has 0 amide bonds. The molecule has 2 fully saturated rings. The van der Waals surface area contributed by atoms with Crippen LogP contribution in [0, 0.1) is 11.8 Å². The van der Waals surface area contributed by atoms with Crippen LogP contribution in [0.2, 0.25) is 0 Å². The van der Waals surface area contributed by atoms with Crippen LogP contribution >= 0.6 is 0 Å². The standard InChI is InChI=1S/C25H24F2N8O/c26-16-4-5-20(27)33-24(16)34-21-8-14(6-7-30-21)23-32-18-11-28-9-15(13-2-1-3-13)22(18)25(35-23)31-17-10-29-12-19(17)36/h4-9,11,13,17,19,29,36H,1-3,10,12H2,(H,30,33,34)(H,31,32,35)/t17-,19-/m0/s1. The number of hydrogen-bond donors (Lipinski definition) is 4. The zero-order chi connectivity index (χ0) is 24.6. The lowest BCUT2D eigenvalue weighted by atomic mass is 9.79. The van der Waals surface area contributed by atoms with Gasteiger partial charge in [0.25, 0.3) is 0 Å². The van der Waals surface area contributed by atoms with Gasteiger partial charge < -0.3 is 21.1 Å². The van der Waals surface area contributed by atoms with Crippen LogP contribution in [0.25, 0.3) is 22.3 Å². The summed E-state index contributed by atoms with van der Waals surface area (Å²) in [7, 11) is 0. The topological polar surface area (TPSA) is 121 Å². The molecule has 5 heterocycles. The first kappa shape index (κ1) is 22.6. The Balaban J connectivity index is 1.42. The van der Waals surface area contributed by atoms with Gasteiger partial charge in [0.15, 0.2) is 17.5 Å². The molecule has 2 aliphatic rings. The Labute approximate surface area is 205 Å². The zero-order valence-electron chi connectivity index (χ0n) is 19.2. The Morgan fingerprint density at radius 1 is 1.00 bits per heavy atom. The van der Waals surface area contributed by atoms with Gasteiger partial charge in [0.1, 0.15) is 11.6 Å². The molecule has 0 unspecified atom stereocenters. The second-order valence-corrected chi connectivity index (χ2v) is 9.14. The first-order chi connectivity index (χ1) is 17.5. The molecule has 6 rings (SSSR count). The molecule has 0 spiro atoms. The third kappa shape index (κ3) is 4.31. The first-order valence-corrected chi connectivity index (χ1v) is 11.9. The van der Waals surface area contributed by atoms with Crippen molar-refractivity contribution < 1.29 is 13.9 Å². The maximum Gasteiger partial charge on any atom is 0.214 e. The Hall–Kier alpha value is -3.83. The second-order valence-electron chi connectivity index (χ2n) is 9.14. The molecule has 0 radical (unpaired) electrons. The number of fused-ring (bicyclic) bond motifs is 1. The normalized spacial score (nSPS) is 19.9. The molecule has 1 saturated carbocycles. The number of halogens is 2. The van der Waals surface area contributed by atoms with Crippen molar-refractivity contribution in [3.05, 3.63) is 60.2 Å². The zero-order valence-corrected chi connectivity index (χ0v) is 19.2. The molecule has 9 nitrogen and oxygen atoms in total. The van der Waals surface area contributed by atoms with Crippen LogP contribution in [0.1, 0.15) is 30.7 Å². The summed E-state index contributed by atoms with van der Waals surface area (Å²) in [5.41, 5.74) is 2.42. The van der Waals surface area contributed by atoms with Crippen molar-refractivity contribution in [3.63, 3.8) is 0 Å². The Bertz CT molecular complexity index is 1430. The van der Waals surface area contributed by atoms with Gasteiger partial charge in [-0.25, -0.2) is 19.3 Å². The van der Waals surface area contributed by atoms with Crippen LogP contribution in [0.3, 0.4) is 0 Å². The van der Waals surface area contributed by atoms with Crippen molar-refractivity contribution in [2.75, 3.05) is 23.7 Å². The number of β-amino-alcohol motifs (C(OH)–C–C–N with tert-alkyl or cyclic N) is 1. The SMILES string of the molecule is O[C@H]1CNC[C@@H]1Nc1nc(-c2ccnc(Nc3nc(F)ccc3F)c2)nc2cncc(C3CCC3)c12. The average Bonchev–Trinajstić information content (AvgIpc) is 3.24. The number of hydrogen-bond acceptors (Lipinski definition) is 9. The Morgan fingerprint density at radius 2 is 1.89 bits per heavy atom. The summed E-state index contributed by atoms with van der Waals surface area (Å²) < 4.78 is 27.6. The number of rotatable bonds is 6. The molecule has 2 atom stereocenters. The molecule has 1 saturated heterocycles. The molecule has 4 aromatic heterocycles. The molecule has 36 heavy (non-hydrogen) atoms. The number of anilines is 3. The van der Waals surface area contributed by atoms with Gasteiger partial charge in [-0.1, -0.05) is 6.42 Å². The van der Waals surface area contributed by atoms with E-state index in [1.165, 1.54) is 12.6 Å². The van der Waals surface area contributed by atoms with E-state index in [0.717, 1.165) is 35.9 Å². The number of aliphatic hydroxyl groups is 1. The number of aliphatic hydroxyl groups excluding tert-OH is 1. The van der Waals surface area contributed by atoms with Crippen molar-refractivity contribution in [2.45, 2.75) is 37.3 Å². The van der Waals surface area contributed by atoms with Gasteiger partial charge in [0.05, 0.1) is 23.9 Å². The molecule has 4 N–H and O–H groups in total. The van der Waals surface area contributed by atoms with Gasteiger partial charge in [-0.2, -0.15) is 9.37 Å². The second kappa shape index (κ2) is 9.32. The Morgan fingerprint density at radius 3 is 2.67 bits per heavy atom. The highest BCUT2D eigenvalue weighted by Gasteiger charge is 2.29. The molecule has 0 bridgehead atoms. The van der Waals surface area contributed by atoms with E-state index < -0.39 is 17.9 Å². The summed E-state index contributed by atoms with van der Waals surface area (Å²) in [5.74, 6) is -0.0455. The van der Waals surface area contributed by atoms with Gasteiger partial charge in [0.2, 0.25) is 5.95 Å². The molecule has 0 aromatic carbocycles. The number of pyridine rings is 3. The van der Waals surface area contributed by atoms with Crippen LogP contribution in [-0.4, -0.2) is 55.3 Å². The predicted octanol–water partition coefficient (Wildman–Crippen LogP) is 3.52. The summed E-state index contributed by atoms with van der Waals surface area (Å²) in [4.78, 5) is 21.8. The minimum atomic E-state index is -0.804. The summed E-state index contributed by atoms with van der Waals surface area (Å²) in [6.45, 7) is 1.12. The van der Waals surface area contributed by atoms with Gasteiger partial charge in [-0.3, -0.25) is 4.98 Å². The molecule has 11 heteroatoms. The van der Waals surface area contributed by atoms with Crippen LogP contribution < -0.4 is 16.0 Å². The van der Waals surface area contributed by atoms with Crippen molar-refractivity contribution in [3.8, 4) is 11.4 Å². The summed E-state index contributed by atoms with van der Waals surface area (Å²) in [6, 6.07) is 5.13. The third-order valence-corrected chi connectivity index (χ3v) is 6.76. The van der Waals surface area contributed by atoms with Gasteiger partial charge in [-0.15, -0.1) is 0 Å². The molecule has 1 aliphatic heterocycles. The van der Waals surface area contributed by atoms with Crippen molar-refractivity contribution in [2.24, 2.45) is 0 Å². The van der Waals surface area contributed by atoms with E-state index in [2.05, 4.69) is 30.9 Å². The van der Waals surface area contributed by atoms with E-state index in [9.17, 15) is 13.9 Å². The number of nitrogens with one attached hydrogen (secondary N) is 3. The van der Waals surface area contributed by atoms with Crippen LogP contribution in [0.15, 0.2) is 42.9 Å². The van der Waals surface area contributed by atoms with Gasteiger partial charge in [-0.05, 0) is 48.6 Å². The lowest BCUT2D eigenvalue weighted by molar-refractivity contribution is 0.185. The fraction of sp³-hybridized carbons (Fsp3) is 0.320. The summed E-state index contributed by atoms with van der Waals surface area (Å²) in [5, 5.41) is 20.7. The molecule has 4 aromatic rings. The van der Waals surface area contributed by atoms with Crippen molar-refractivity contribution in [1.82, 2.24) is 30.2 Å². The van der Waals surface area contributed by atoms with Crippen molar-refractivity contribution in [1.29, 1.82) is 0 Å². The van der Waals surface area contributed by atoms with E-state index in [0.29, 0.717) is 41.7 Å². The third-order valence-electron chi connectivity index (χ3n) is 6.76. The van der Waals surface area contributed by atoms with E-state index in [1.54, 1.807) is 18.3 Å². The van der Waals surface area contributed by atoms with Crippen molar-refractivity contribution >= 4 is 28.4 Å². The van der Waals surface area contributed by atoms with Gasteiger partial charge in [0, 0.05) is 36.4 Å². The quantitative estimate of drug-likeness (QED) is 0.301. The highest BCUT2D eigenvalue weighted by molar-refractivity contribution is 5.93. The first-order valence-electron chi connectivity index (χ1n) is 11.9. The lowest BCUT2D eigenvalue weighted by Gasteiger charge is -2.27. The van der Waals surface area contributed by atoms with E-state index in [-0.39, 0.29) is 17.7 Å². The maximum absolute atomic E-state index is 14.1. The summed E-state index contributed by atoms with van der Waals surface area (Å²) in [6.07, 6.45) is 7.96. The highest BCUT2D eigenvalue weighted by atomic mass is 19.1. The molecule has 1 aliphatic carbocycles. The fourth-order valence-electron chi connectivity index (χ4n) is 4.62. The molecular formula is C25H24F2N8O. The van der Waals surface area contributed by atoms with Crippen LogP contribution in [0.5, 0.6) is 0 Å². The number of aromatic nitrogens is 5. The van der Waals surface area contributed by atoms with Gasteiger partial charge >= 0.3 is 0 Å². The predicted molar refractivity (Wildman–Crippen MR) is 131 cm³/mol. The largest absolute Gasteiger partial charge is 0.390 e. The maximum atomic E-state index is 14.1. The highest BCUT2D eigenvalue weighted by Crippen LogP contribution is 2.41. The monoisotopic (exact) mass is 490 g/mol. The van der Waals surface area contributed by atoms with E-state index in [4.69, 9.17) is 9.97 Å². The minimum Gasteiger partial charge on any atom is -0.390 e. The fourth-order valence-corrected chi connectivity index (χ4v) is 4.62. The van der Waals surface area contributed by atoms with Crippen LogP contribution in [0.4, 0.5) is 26.2 Å².